The molecular formula is C47H60N4O9. The number of piperidine rings is 1. The number of benzene rings is 2. The maximum atomic E-state index is 15.4. The Morgan fingerprint density at radius 3 is 2.40 bits per heavy atom. The van der Waals surface area contributed by atoms with Gasteiger partial charge in [-0.15, -0.1) is 0 Å². The molecule has 9 rings (SSSR count). The molecule has 3 fully saturated rings. The van der Waals surface area contributed by atoms with Crippen molar-refractivity contribution in [3.05, 3.63) is 70.4 Å². The van der Waals surface area contributed by atoms with Crippen molar-refractivity contribution in [2.24, 2.45) is 11.3 Å². The fourth-order valence-corrected chi connectivity index (χ4v) is 13.7. The van der Waals surface area contributed by atoms with Crippen LogP contribution in [0.3, 0.4) is 0 Å². The Morgan fingerprint density at radius 1 is 0.950 bits per heavy atom. The highest BCUT2D eigenvalue weighted by Gasteiger charge is 2.80. The number of hydrogen-bond donors (Lipinski definition) is 3. The number of aryl methyl sites for hydroxylation is 1. The molecule has 0 amide bonds. The van der Waals surface area contributed by atoms with E-state index in [1.165, 1.54) is 21.1 Å². The number of carbonyl (C=O) groups excluding carboxylic acids is 3. The minimum Gasteiger partial charge on any atom is -0.496 e. The monoisotopic (exact) mass is 824 g/mol. The van der Waals surface area contributed by atoms with Crippen LogP contribution in [0.2, 0.25) is 0 Å². The first-order valence-electron chi connectivity index (χ1n) is 21.6. The third-order valence-corrected chi connectivity index (χ3v) is 15.8. The van der Waals surface area contributed by atoms with Gasteiger partial charge in [0.15, 0.2) is 6.10 Å². The number of aromatic nitrogens is 1. The van der Waals surface area contributed by atoms with Gasteiger partial charge in [0.05, 0.1) is 33.0 Å². The van der Waals surface area contributed by atoms with Crippen LogP contribution in [-0.2, 0) is 45.8 Å². The number of rotatable bonds is 7. The van der Waals surface area contributed by atoms with Crippen LogP contribution in [0.4, 0.5) is 5.69 Å². The number of likely N-dealkylation sites (N-methyl/N-ethyl adjacent to an activating group) is 1. The molecule has 10 atom stereocenters. The van der Waals surface area contributed by atoms with Gasteiger partial charge in [0.25, 0.3) is 0 Å². The number of aliphatic hydroxyl groups is 2. The Hall–Kier alpha value is -4.43. The van der Waals surface area contributed by atoms with Crippen LogP contribution < -0.4 is 9.64 Å². The first-order valence-corrected chi connectivity index (χ1v) is 21.6. The van der Waals surface area contributed by atoms with E-state index in [2.05, 4.69) is 58.1 Å². The van der Waals surface area contributed by atoms with E-state index in [9.17, 15) is 19.8 Å². The molecule has 0 radical (unpaired) electrons. The third kappa shape index (κ3) is 5.27. The van der Waals surface area contributed by atoms with Gasteiger partial charge < -0.3 is 39.0 Å². The van der Waals surface area contributed by atoms with Gasteiger partial charge in [-0.05, 0) is 87.2 Å². The zero-order chi connectivity index (χ0) is 42.7. The van der Waals surface area contributed by atoms with Crippen molar-refractivity contribution >= 4 is 34.5 Å². The van der Waals surface area contributed by atoms with Gasteiger partial charge in [-0.3, -0.25) is 19.4 Å². The highest BCUT2D eigenvalue weighted by molar-refractivity contribution is 5.95. The molecule has 322 valence electrons. The van der Waals surface area contributed by atoms with Gasteiger partial charge in [-0.1, -0.05) is 37.6 Å². The predicted octanol–water partition coefficient (Wildman–Crippen LogP) is 4.30. The van der Waals surface area contributed by atoms with E-state index in [0.29, 0.717) is 82.6 Å². The second kappa shape index (κ2) is 14.1. The maximum Gasteiger partial charge on any atom is 0.344 e. The number of anilines is 1. The van der Waals surface area contributed by atoms with Gasteiger partial charge in [0.1, 0.15) is 11.2 Å². The molecule has 2 saturated heterocycles. The molecule has 1 aromatic heterocycles. The lowest BCUT2D eigenvalue weighted by Crippen LogP contribution is -2.81. The Morgan fingerprint density at radius 2 is 1.72 bits per heavy atom. The molecule has 6 heterocycles. The number of hydrogen-bond acceptors (Lipinski definition) is 12. The van der Waals surface area contributed by atoms with Crippen molar-refractivity contribution in [2.75, 3.05) is 66.0 Å². The van der Waals surface area contributed by atoms with E-state index in [1.54, 1.807) is 7.11 Å². The number of nitrogens with one attached hydrogen (secondary N) is 1. The van der Waals surface area contributed by atoms with Crippen LogP contribution in [0.15, 0.2) is 42.5 Å². The maximum absolute atomic E-state index is 15.4. The van der Waals surface area contributed by atoms with Crippen molar-refractivity contribution in [1.82, 2.24) is 14.8 Å². The Labute approximate surface area is 352 Å². The summed E-state index contributed by atoms with van der Waals surface area (Å²) in [5.74, 6) is -1.56. The number of nitrogens with zero attached hydrogens (tertiary/aromatic N) is 3. The molecule has 13 nitrogen and oxygen atoms in total. The summed E-state index contributed by atoms with van der Waals surface area (Å²) < 4.78 is 24.0. The molecule has 3 aromatic rings. The summed E-state index contributed by atoms with van der Waals surface area (Å²) in [4.78, 5) is 53.3. The topological polar surface area (TPSA) is 154 Å². The highest BCUT2D eigenvalue weighted by Crippen LogP contribution is 2.68. The largest absolute Gasteiger partial charge is 0.496 e. The normalized spacial score (nSPS) is 36.6. The molecule has 13 heteroatoms. The van der Waals surface area contributed by atoms with Crippen LogP contribution in [0.5, 0.6) is 5.75 Å². The van der Waals surface area contributed by atoms with E-state index in [-0.39, 0.29) is 12.0 Å². The number of methoxy groups -OCH3 is 3. The molecule has 3 N–H and O–H groups in total. The summed E-state index contributed by atoms with van der Waals surface area (Å²) in [6, 6.07) is 9.15. The van der Waals surface area contributed by atoms with Crippen molar-refractivity contribution in [2.45, 2.75) is 106 Å². The second-order valence-electron chi connectivity index (χ2n) is 18.7. The molecule has 1 saturated carbocycles. The van der Waals surface area contributed by atoms with Crippen LogP contribution in [0, 0.1) is 18.3 Å². The number of esters is 3. The molecule has 60 heavy (non-hydrogen) atoms. The average molecular weight is 825 g/mol. The highest BCUT2D eigenvalue weighted by atomic mass is 16.6. The molecule has 2 aromatic carbocycles. The Kier molecular flexibility index (Phi) is 9.59. The third-order valence-electron chi connectivity index (χ3n) is 15.8. The first-order chi connectivity index (χ1) is 28.6. The SMILES string of the molecule is CC[C@]1(O)C[C@H]2CN(CCc3c([nH]c4ccc(C)cc34)[C@@](C(=O)OC)(c3cc4c(cc3OC)N(C)C3[C@]45CCN4CC=C[C@@](CC)([C@@H](OC(C)=O)[C@]3(O)C(=O)OC)[C@H]45)C2)C1. The zero-order valence-corrected chi connectivity index (χ0v) is 36.2. The van der Waals surface area contributed by atoms with Gasteiger partial charge in [0, 0.05) is 90.9 Å². The molecule has 1 spiro atoms. The molecule has 1 aliphatic carbocycles. The number of aromatic amines is 1. The van der Waals surface area contributed by atoms with Gasteiger partial charge in [0.2, 0.25) is 5.60 Å². The number of ether oxygens (including phenoxy) is 4. The minimum absolute atomic E-state index is 0.102. The van der Waals surface area contributed by atoms with Crippen molar-refractivity contribution in [1.29, 1.82) is 0 Å². The molecule has 2 unspecified atom stereocenters. The van der Waals surface area contributed by atoms with Crippen LogP contribution in [-0.4, -0.2) is 133 Å². The van der Waals surface area contributed by atoms with Gasteiger partial charge in [-0.25, -0.2) is 4.79 Å². The fraction of sp³-hybridized carbons (Fsp3) is 0.596. The fourth-order valence-electron chi connectivity index (χ4n) is 13.7. The lowest BCUT2D eigenvalue weighted by Gasteiger charge is -2.63. The van der Waals surface area contributed by atoms with E-state index in [4.69, 9.17) is 18.9 Å². The average Bonchev–Trinajstić information content (AvgIpc) is 3.89. The zero-order valence-electron chi connectivity index (χ0n) is 36.2. The standard InChI is InChI=1S/C47H60N4O9/c1-9-43(55)23-29-24-46(41(53)58-7,37-30(14-18-50(25-29)26-43)31-20-27(3)12-13-34(31)48-37)33-21-32-35(22-36(33)57-6)49(5)39-45(32)16-19-51-17-11-15-44(10-2,38(45)51)40(60-28(4)52)47(39,56)42(54)59-8/h11-13,15,20-22,29,38-40,48,55-56H,9-10,14,16-19,23-26H2,1-8H3/t29-,38+,39?,40-,43+,44-,45-,46+,47+/m1/s1. The summed E-state index contributed by atoms with van der Waals surface area (Å²) in [7, 11) is 6.16. The van der Waals surface area contributed by atoms with Crippen LogP contribution in [0.1, 0.15) is 80.8 Å². The van der Waals surface area contributed by atoms with E-state index >= 15 is 4.79 Å². The molecular weight excluding hydrogens is 765 g/mol. The molecule has 2 bridgehead atoms. The van der Waals surface area contributed by atoms with E-state index in [0.717, 1.165) is 39.0 Å². The smallest absolute Gasteiger partial charge is 0.344 e. The molecule has 6 aliphatic rings. The quantitative estimate of drug-likeness (QED) is 0.177. The Bertz CT molecular complexity index is 2310. The summed E-state index contributed by atoms with van der Waals surface area (Å²) in [5, 5.41) is 26.4. The second-order valence-corrected chi connectivity index (χ2v) is 18.7. The predicted molar refractivity (Wildman–Crippen MR) is 225 cm³/mol. The van der Waals surface area contributed by atoms with Crippen LogP contribution >= 0.6 is 0 Å². The minimum atomic E-state index is -2.30. The number of H-pyrrole nitrogens is 1. The molecule has 5 aliphatic heterocycles. The van der Waals surface area contributed by atoms with E-state index in [1.807, 2.05) is 31.9 Å². The van der Waals surface area contributed by atoms with Crippen molar-refractivity contribution < 1.29 is 43.5 Å². The summed E-state index contributed by atoms with van der Waals surface area (Å²) in [6.07, 6.45) is 5.94. The van der Waals surface area contributed by atoms with Gasteiger partial charge in [-0.2, -0.15) is 0 Å². The first kappa shape index (κ1) is 40.9. The van der Waals surface area contributed by atoms with Crippen molar-refractivity contribution in [3.63, 3.8) is 0 Å². The summed E-state index contributed by atoms with van der Waals surface area (Å²) >= 11 is 0. The van der Waals surface area contributed by atoms with E-state index < -0.39 is 57.5 Å². The number of carbonyl (C=O) groups is 3. The van der Waals surface area contributed by atoms with Gasteiger partial charge >= 0.3 is 17.9 Å². The van der Waals surface area contributed by atoms with Crippen LogP contribution in [0.25, 0.3) is 10.9 Å². The lowest BCUT2D eigenvalue weighted by molar-refractivity contribution is -0.228. The summed E-state index contributed by atoms with van der Waals surface area (Å²) in [6.45, 7) is 10.7. The number of fused-ring (bicyclic) bond motifs is 6. The lowest BCUT2D eigenvalue weighted by atomic mass is 9.47. The summed E-state index contributed by atoms with van der Waals surface area (Å²) in [5.41, 5.74) is -0.518. The van der Waals surface area contributed by atoms with Crippen molar-refractivity contribution in [3.8, 4) is 5.75 Å². The Balaban J connectivity index is 1.37.